The first-order valence-electron chi connectivity index (χ1n) is 19.5. The molecule has 0 fully saturated rings. The van der Waals surface area contributed by atoms with E-state index in [1.165, 1.54) is 116 Å². The van der Waals surface area contributed by atoms with Gasteiger partial charge in [-0.1, -0.05) is 175 Å². The second-order valence-electron chi connectivity index (χ2n) is 13.2. The van der Waals surface area contributed by atoms with Gasteiger partial charge < -0.3 is 14.2 Å². The van der Waals surface area contributed by atoms with Gasteiger partial charge in [-0.3, -0.25) is 14.4 Å². The van der Waals surface area contributed by atoms with Crippen molar-refractivity contribution in [3.63, 3.8) is 0 Å². The van der Waals surface area contributed by atoms with Crippen LogP contribution in [0.3, 0.4) is 0 Å². The molecule has 1 atom stereocenters. The van der Waals surface area contributed by atoms with Crippen molar-refractivity contribution in [2.45, 2.75) is 219 Å². The first-order chi connectivity index (χ1) is 22.0. The fourth-order valence-corrected chi connectivity index (χ4v) is 5.62. The Morgan fingerprint density at radius 2 is 0.600 bits per heavy atom. The first-order valence-corrected chi connectivity index (χ1v) is 19.5. The highest BCUT2D eigenvalue weighted by atomic mass is 16.6. The van der Waals surface area contributed by atoms with Crippen LogP contribution >= 0.6 is 0 Å². The molecule has 0 heterocycles. The fourth-order valence-electron chi connectivity index (χ4n) is 5.62. The van der Waals surface area contributed by atoms with Crippen LogP contribution in [0.5, 0.6) is 0 Å². The molecule has 0 N–H and O–H groups in total. The zero-order valence-electron chi connectivity index (χ0n) is 30.2. The van der Waals surface area contributed by atoms with Gasteiger partial charge in [-0.05, 0) is 19.3 Å². The summed E-state index contributed by atoms with van der Waals surface area (Å²) in [7, 11) is 0. The van der Waals surface area contributed by atoms with Gasteiger partial charge in [-0.2, -0.15) is 0 Å². The van der Waals surface area contributed by atoms with Crippen molar-refractivity contribution in [2.24, 2.45) is 0 Å². The molecule has 0 spiro atoms. The second-order valence-corrected chi connectivity index (χ2v) is 13.2. The van der Waals surface area contributed by atoms with E-state index in [2.05, 4.69) is 20.8 Å². The summed E-state index contributed by atoms with van der Waals surface area (Å²) in [5.41, 5.74) is 0. The smallest absolute Gasteiger partial charge is 0.306 e. The molecule has 0 aromatic carbocycles. The molecule has 0 aromatic heterocycles. The van der Waals surface area contributed by atoms with Crippen molar-refractivity contribution in [2.75, 3.05) is 13.2 Å². The van der Waals surface area contributed by atoms with Gasteiger partial charge in [0, 0.05) is 19.3 Å². The number of rotatable bonds is 35. The van der Waals surface area contributed by atoms with Gasteiger partial charge in [-0.15, -0.1) is 0 Å². The molecular formula is C39H74O6. The van der Waals surface area contributed by atoms with Gasteiger partial charge in [0.15, 0.2) is 6.10 Å². The van der Waals surface area contributed by atoms with Crippen LogP contribution in [0.2, 0.25) is 0 Å². The van der Waals surface area contributed by atoms with Crippen molar-refractivity contribution in [3.05, 3.63) is 0 Å². The Morgan fingerprint density at radius 1 is 0.356 bits per heavy atom. The molecule has 0 radical (unpaired) electrons. The van der Waals surface area contributed by atoms with Crippen LogP contribution in [-0.2, 0) is 28.6 Å². The summed E-state index contributed by atoms with van der Waals surface area (Å²) in [4.78, 5) is 37.0. The maximum atomic E-state index is 12.5. The van der Waals surface area contributed by atoms with Crippen LogP contribution in [0.25, 0.3) is 0 Å². The molecule has 0 saturated carbocycles. The average molecular weight is 639 g/mol. The van der Waals surface area contributed by atoms with E-state index in [1.807, 2.05) is 0 Å². The molecule has 6 nitrogen and oxygen atoms in total. The summed E-state index contributed by atoms with van der Waals surface area (Å²) in [6.07, 6.45) is 32.9. The number of hydrogen-bond donors (Lipinski definition) is 0. The summed E-state index contributed by atoms with van der Waals surface area (Å²) in [5, 5.41) is 0. The third-order valence-corrected chi connectivity index (χ3v) is 8.61. The van der Waals surface area contributed by atoms with Gasteiger partial charge in [0.05, 0.1) is 0 Å². The third kappa shape index (κ3) is 33.6. The molecule has 0 aromatic rings. The average Bonchev–Trinajstić information content (AvgIpc) is 3.03. The van der Waals surface area contributed by atoms with E-state index in [9.17, 15) is 14.4 Å². The van der Waals surface area contributed by atoms with Crippen molar-refractivity contribution in [1.82, 2.24) is 0 Å². The van der Waals surface area contributed by atoms with Gasteiger partial charge in [-0.25, -0.2) is 0 Å². The highest BCUT2D eigenvalue weighted by Crippen LogP contribution is 2.15. The molecule has 6 heteroatoms. The Morgan fingerprint density at radius 3 is 0.933 bits per heavy atom. The van der Waals surface area contributed by atoms with Crippen molar-refractivity contribution < 1.29 is 28.6 Å². The Labute approximate surface area is 278 Å². The number of carbonyl (C=O) groups is 3. The van der Waals surface area contributed by atoms with Crippen LogP contribution in [0.4, 0.5) is 0 Å². The molecular weight excluding hydrogens is 564 g/mol. The summed E-state index contributed by atoms with van der Waals surface area (Å²) < 4.78 is 16.4. The van der Waals surface area contributed by atoms with Crippen LogP contribution in [-0.4, -0.2) is 37.2 Å². The Kier molecular flexibility index (Phi) is 34.0. The minimum atomic E-state index is -0.754. The highest BCUT2D eigenvalue weighted by molar-refractivity contribution is 5.71. The molecule has 0 aliphatic carbocycles. The quantitative estimate of drug-likeness (QED) is 0.0390. The predicted molar refractivity (Wildman–Crippen MR) is 187 cm³/mol. The topological polar surface area (TPSA) is 78.9 Å². The van der Waals surface area contributed by atoms with E-state index in [1.54, 1.807) is 0 Å². The SMILES string of the molecule is CCCCCCCCCCCCCCCC(=O)OCC(COC(=O)CCCCC)OC(=O)CCCCCCCCCCCCC. The third-order valence-electron chi connectivity index (χ3n) is 8.61. The fraction of sp³-hybridized carbons (Fsp3) is 0.923. The lowest BCUT2D eigenvalue weighted by Gasteiger charge is -2.18. The summed E-state index contributed by atoms with van der Waals surface area (Å²) in [6.45, 7) is 6.46. The molecule has 0 rings (SSSR count). The molecule has 45 heavy (non-hydrogen) atoms. The molecule has 266 valence electrons. The summed E-state index contributed by atoms with van der Waals surface area (Å²) in [6, 6.07) is 0. The van der Waals surface area contributed by atoms with Gasteiger partial charge in [0.2, 0.25) is 0 Å². The standard InChI is InChI=1S/C39H74O6/c1-4-7-10-12-14-16-18-19-21-22-24-26-29-32-38(41)44-35-36(34-43-37(40)31-28-9-6-3)45-39(42)33-30-27-25-23-20-17-15-13-11-8-5-2/h36H,4-35H2,1-3H3. The van der Waals surface area contributed by atoms with Gasteiger partial charge in [0.1, 0.15) is 13.2 Å². The van der Waals surface area contributed by atoms with Gasteiger partial charge >= 0.3 is 17.9 Å². The van der Waals surface area contributed by atoms with Crippen LogP contribution in [0, 0.1) is 0 Å². The number of ether oxygens (including phenoxy) is 3. The Bertz CT molecular complexity index is 664. The molecule has 1 unspecified atom stereocenters. The van der Waals surface area contributed by atoms with E-state index in [0.29, 0.717) is 19.3 Å². The minimum absolute atomic E-state index is 0.0660. The Balaban J connectivity index is 4.14. The van der Waals surface area contributed by atoms with Crippen molar-refractivity contribution in [3.8, 4) is 0 Å². The largest absolute Gasteiger partial charge is 0.462 e. The molecule has 0 aliphatic heterocycles. The maximum Gasteiger partial charge on any atom is 0.306 e. The molecule has 0 bridgehead atoms. The van der Waals surface area contributed by atoms with E-state index >= 15 is 0 Å². The summed E-state index contributed by atoms with van der Waals surface area (Å²) >= 11 is 0. The highest BCUT2D eigenvalue weighted by Gasteiger charge is 2.19. The zero-order valence-corrected chi connectivity index (χ0v) is 30.2. The van der Waals surface area contributed by atoms with Crippen LogP contribution in [0.15, 0.2) is 0 Å². The monoisotopic (exact) mass is 639 g/mol. The normalized spacial score (nSPS) is 11.8. The lowest BCUT2D eigenvalue weighted by molar-refractivity contribution is -0.167. The zero-order chi connectivity index (χ0) is 33.1. The van der Waals surface area contributed by atoms with E-state index < -0.39 is 6.10 Å². The van der Waals surface area contributed by atoms with Gasteiger partial charge in [0.25, 0.3) is 0 Å². The number of esters is 3. The molecule has 0 aliphatic rings. The maximum absolute atomic E-state index is 12.5. The second kappa shape index (κ2) is 35.3. The minimum Gasteiger partial charge on any atom is -0.462 e. The lowest BCUT2D eigenvalue weighted by Crippen LogP contribution is -2.30. The molecule has 0 amide bonds. The first kappa shape index (κ1) is 43.4. The lowest BCUT2D eigenvalue weighted by atomic mass is 10.0. The predicted octanol–water partition coefficient (Wildman–Crippen LogP) is 11.7. The number of hydrogen-bond acceptors (Lipinski definition) is 6. The van der Waals surface area contributed by atoms with Crippen LogP contribution < -0.4 is 0 Å². The number of unbranched alkanes of at least 4 members (excludes halogenated alkanes) is 24. The van der Waals surface area contributed by atoms with E-state index in [4.69, 9.17) is 14.2 Å². The summed E-state index contributed by atoms with van der Waals surface area (Å²) in [5.74, 6) is -0.891. The van der Waals surface area contributed by atoms with Crippen LogP contribution in [0.1, 0.15) is 213 Å². The van der Waals surface area contributed by atoms with E-state index in [-0.39, 0.29) is 31.1 Å². The number of carbonyl (C=O) groups excluding carboxylic acids is 3. The van der Waals surface area contributed by atoms with Crippen molar-refractivity contribution in [1.29, 1.82) is 0 Å². The molecule has 0 saturated heterocycles. The van der Waals surface area contributed by atoms with Crippen molar-refractivity contribution >= 4 is 17.9 Å². The Hall–Kier alpha value is -1.59. The van der Waals surface area contributed by atoms with E-state index in [0.717, 1.165) is 57.8 Å².